The maximum absolute atomic E-state index is 14.1. The van der Waals surface area contributed by atoms with Crippen molar-refractivity contribution < 1.29 is 28.3 Å². The van der Waals surface area contributed by atoms with Gasteiger partial charge in [-0.15, -0.1) is 0 Å². The molecule has 0 radical (unpaired) electrons. The summed E-state index contributed by atoms with van der Waals surface area (Å²) in [5, 5.41) is 21.2. The van der Waals surface area contributed by atoms with E-state index in [0.29, 0.717) is 22.6 Å². The topological polar surface area (TPSA) is 174 Å². The summed E-state index contributed by atoms with van der Waals surface area (Å²) in [6.07, 6.45) is 5.68. The van der Waals surface area contributed by atoms with Crippen LogP contribution in [0, 0.1) is 0 Å². The minimum Gasteiger partial charge on any atom is -0.497 e. The Labute approximate surface area is 223 Å². The lowest BCUT2D eigenvalue weighted by atomic mass is 10.1. The third kappa shape index (κ3) is 5.40. The zero-order chi connectivity index (χ0) is 28.0. The van der Waals surface area contributed by atoms with E-state index >= 15 is 0 Å². The summed E-state index contributed by atoms with van der Waals surface area (Å²) in [7, 11) is -2.78. The second-order valence-electron chi connectivity index (χ2n) is 8.00. The van der Waals surface area contributed by atoms with Crippen LogP contribution in [0.4, 0.5) is 5.69 Å². The normalized spacial score (nSPS) is 10.9. The maximum atomic E-state index is 14.1. The van der Waals surface area contributed by atoms with E-state index in [0.717, 1.165) is 10.5 Å². The van der Waals surface area contributed by atoms with Gasteiger partial charge < -0.3 is 15.1 Å². The smallest absolute Gasteiger partial charge is 0.339 e. The fourth-order valence-corrected chi connectivity index (χ4v) is 5.46. The van der Waals surface area contributed by atoms with Crippen molar-refractivity contribution in [2.45, 2.75) is 11.4 Å². The molecule has 12 nitrogen and oxygen atoms in total. The second kappa shape index (κ2) is 11.7. The number of benzene rings is 2. The molecule has 13 heteroatoms. The van der Waals surface area contributed by atoms with Crippen molar-refractivity contribution in [1.82, 2.24) is 19.7 Å². The third-order valence-electron chi connectivity index (χ3n) is 5.75. The van der Waals surface area contributed by atoms with Crippen LogP contribution in [-0.2, 0) is 16.6 Å². The molecule has 0 amide bonds. The van der Waals surface area contributed by atoms with Crippen molar-refractivity contribution >= 4 is 32.7 Å². The van der Waals surface area contributed by atoms with Gasteiger partial charge in [0.2, 0.25) is 0 Å². The molecule has 0 spiro atoms. The molecule has 0 bridgehead atoms. The number of hydrogen-bond acceptors (Lipinski definition) is 9. The highest BCUT2D eigenvalue weighted by Gasteiger charge is 2.32. The Kier molecular flexibility index (Phi) is 8.15. The number of nitrogens with zero attached hydrogens (tertiary/aromatic N) is 5. The summed E-state index contributed by atoms with van der Waals surface area (Å²) in [5.41, 5.74) is 1.25. The number of aromatic carboxylic acids is 1. The Hall–Kier alpha value is -4.85. The largest absolute Gasteiger partial charge is 0.497 e. The molecule has 0 aliphatic rings. The molecule has 0 saturated carbocycles. The van der Waals surface area contributed by atoms with Gasteiger partial charge in [-0.05, 0) is 48.0 Å². The zero-order valence-corrected chi connectivity index (χ0v) is 21.4. The average molecular weight is 549 g/mol. The highest BCUT2D eigenvalue weighted by molar-refractivity contribution is 7.92. The lowest BCUT2D eigenvalue weighted by molar-refractivity contribution is 0.0697. The molecule has 0 saturated heterocycles. The first-order valence-corrected chi connectivity index (χ1v) is 12.8. The number of pyridine rings is 2. The monoisotopic (exact) mass is 548 g/mol. The lowest BCUT2D eigenvalue weighted by Gasteiger charge is -2.26. The number of hydrogen-bond donors (Lipinski definition) is 3. The van der Waals surface area contributed by atoms with Crippen molar-refractivity contribution in [1.29, 1.82) is 0 Å². The van der Waals surface area contributed by atoms with Gasteiger partial charge in [-0.2, -0.15) is 5.10 Å². The van der Waals surface area contributed by atoms with Gasteiger partial charge >= 0.3 is 5.97 Å². The van der Waals surface area contributed by atoms with Crippen molar-refractivity contribution in [3.8, 4) is 11.4 Å². The molecule has 2 aromatic carbocycles. The number of carbonyl (C=O) groups is 1. The van der Waals surface area contributed by atoms with E-state index in [-0.39, 0.29) is 28.1 Å². The second-order valence-corrected chi connectivity index (χ2v) is 9.87. The molecule has 39 heavy (non-hydrogen) atoms. The fourth-order valence-electron chi connectivity index (χ4n) is 3.97. The van der Waals surface area contributed by atoms with Crippen LogP contribution in [-0.4, -0.2) is 51.6 Å². The predicted molar refractivity (Wildman–Crippen MR) is 142 cm³/mol. The Balaban J connectivity index is 0.00000172. The Morgan fingerprint density at radius 2 is 1.72 bits per heavy atom. The highest BCUT2D eigenvalue weighted by atomic mass is 32.2. The van der Waals surface area contributed by atoms with Crippen LogP contribution in [0.5, 0.6) is 5.75 Å². The fraction of sp³-hybridized carbons (Fsp3) is 0.0769. The molecule has 5 aromatic rings. The quantitative estimate of drug-likeness (QED) is 0.244. The molecule has 3 aromatic heterocycles. The van der Waals surface area contributed by atoms with Crippen LogP contribution < -0.4 is 14.9 Å². The first-order chi connectivity index (χ1) is 18.9. The SMILES string of the molecule is COc1ccc(S(=O)(=O)N(Cc2cccnc2)c2c(C(=O)O)cnc3c2cnn3-c2ccccc2)cc1.NO. The number of carboxylic acids is 1. The number of methoxy groups -OCH3 is 1. The number of carboxylic acid groups (broad SMARTS) is 1. The first kappa shape index (κ1) is 27.2. The van der Waals surface area contributed by atoms with Gasteiger partial charge in [0.1, 0.15) is 11.3 Å². The molecular weight excluding hydrogens is 524 g/mol. The van der Waals surface area contributed by atoms with Crippen LogP contribution >= 0.6 is 0 Å². The first-order valence-electron chi connectivity index (χ1n) is 11.4. The molecule has 0 aliphatic carbocycles. The Bertz CT molecular complexity index is 1680. The average Bonchev–Trinajstić information content (AvgIpc) is 3.42. The summed E-state index contributed by atoms with van der Waals surface area (Å²) in [5.74, 6) is 2.66. The van der Waals surface area contributed by atoms with E-state index < -0.39 is 16.0 Å². The lowest BCUT2D eigenvalue weighted by Crippen LogP contribution is -2.32. The number of anilines is 1. The van der Waals surface area contributed by atoms with Gasteiger partial charge in [0, 0.05) is 18.6 Å². The summed E-state index contributed by atoms with van der Waals surface area (Å²) < 4.78 is 35.9. The standard InChI is InChI=1S/C26H21N5O5S.H3NO/c1-36-20-9-11-21(12-10-20)37(34,35)30(17-18-6-5-13-27-14-18)24-22-16-29-31(19-7-3-2-4-8-19)25(22)28-15-23(24)26(32)33;1-2/h2-16H,17H2,1H3,(H,32,33);2H,1H2. The minimum atomic E-state index is -4.26. The van der Waals surface area contributed by atoms with Crippen LogP contribution in [0.2, 0.25) is 0 Å². The molecule has 200 valence electrons. The number of aromatic nitrogens is 4. The van der Waals surface area contributed by atoms with Gasteiger partial charge in [0.15, 0.2) is 5.65 Å². The van der Waals surface area contributed by atoms with Crippen molar-refractivity contribution in [3.05, 3.63) is 103 Å². The summed E-state index contributed by atoms with van der Waals surface area (Å²) in [6, 6.07) is 18.4. The number of nitrogens with two attached hydrogens (primary N) is 1. The van der Waals surface area contributed by atoms with E-state index in [2.05, 4.69) is 21.0 Å². The molecule has 4 N–H and O–H groups in total. The summed E-state index contributed by atoms with van der Waals surface area (Å²) in [6.45, 7) is -0.169. The third-order valence-corrected chi connectivity index (χ3v) is 7.51. The maximum Gasteiger partial charge on any atom is 0.339 e. The Morgan fingerprint density at radius 1 is 1.00 bits per heavy atom. The van der Waals surface area contributed by atoms with Crippen LogP contribution in [0.25, 0.3) is 16.7 Å². The Morgan fingerprint density at radius 3 is 2.33 bits per heavy atom. The summed E-state index contributed by atoms with van der Waals surface area (Å²) in [4.78, 5) is 20.7. The number of fused-ring (bicyclic) bond motifs is 1. The van der Waals surface area contributed by atoms with Crippen molar-refractivity contribution in [2.75, 3.05) is 11.4 Å². The van der Waals surface area contributed by atoms with Gasteiger partial charge in [0.05, 0.1) is 41.5 Å². The van der Waals surface area contributed by atoms with E-state index in [1.807, 2.05) is 30.3 Å². The number of ether oxygens (including phenoxy) is 1. The van der Waals surface area contributed by atoms with Crippen LogP contribution in [0.1, 0.15) is 15.9 Å². The molecular formula is C26H24N6O6S. The molecule has 5 rings (SSSR count). The van der Waals surface area contributed by atoms with Crippen molar-refractivity contribution in [2.24, 2.45) is 5.90 Å². The van der Waals surface area contributed by atoms with Gasteiger partial charge in [-0.25, -0.2) is 28.8 Å². The zero-order valence-electron chi connectivity index (χ0n) is 20.6. The van der Waals surface area contributed by atoms with E-state index in [4.69, 9.17) is 9.94 Å². The minimum absolute atomic E-state index is 0.0334. The number of para-hydroxylation sites is 1. The highest BCUT2D eigenvalue weighted by Crippen LogP contribution is 2.36. The number of rotatable bonds is 8. The van der Waals surface area contributed by atoms with Crippen LogP contribution in [0.15, 0.2) is 96.4 Å². The number of sulfonamides is 1. The molecule has 0 fully saturated rings. The van der Waals surface area contributed by atoms with Crippen molar-refractivity contribution in [3.63, 3.8) is 0 Å². The van der Waals surface area contributed by atoms with Gasteiger partial charge in [-0.1, -0.05) is 24.3 Å². The molecule has 0 aliphatic heterocycles. The van der Waals surface area contributed by atoms with Gasteiger partial charge in [0.25, 0.3) is 10.0 Å². The van der Waals surface area contributed by atoms with E-state index in [1.165, 1.54) is 48.5 Å². The van der Waals surface area contributed by atoms with E-state index in [9.17, 15) is 18.3 Å². The molecule has 0 unspecified atom stereocenters. The van der Waals surface area contributed by atoms with Crippen LogP contribution in [0.3, 0.4) is 0 Å². The summed E-state index contributed by atoms with van der Waals surface area (Å²) >= 11 is 0. The van der Waals surface area contributed by atoms with Gasteiger partial charge in [-0.3, -0.25) is 9.29 Å². The molecule has 3 heterocycles. The predicted octanol–water partition coefficient (Wildman–Crippen LogP) is 3.25. The molecule has 0 atom stereocenters. The van der Waals surface area contributed by atoms with E-state index in [1.54, 1.807) is 18.3 Å².